The molecule has 2 saturated heterocycles. The zero-order chi connectivity index (χ0) is 23.4. The maximum Gasteiger partial charge on any atom is 0.243 e. The Hall–Kier alpha value is -2.59. The van der Waals surface area contributed by atoms with Gasteiger partial charge in [0, 0.05) is 10.6 Å². The smallest absolute Gasteiger partial charge is 0.243 e. The van der Waals surface area contributed by atoms with Gasteiger partial charge in [0.2, 0.25) is 11.7 Å². The number of nitriles is 3. The van der Waals surface area contributed by atoms with Gasteiger partial charge in [-0.25, -0.2) is 0 Å². The summed E-state index contributed by atoms with van der Waals surface area (Å²) in [7, 11) is 0. The van der Waals surface area contributed by atoms with E-state index in [1.807, 2.05) is 0 Å². The second-order valence-corrected chi connectivity index (χ2v) is 9.23. The summed E-state index contributed by atoms with van der Waals surface area (Å²) in [6, 6.07) is 13.2. The van der Waals surface area contributed by atoms with Gasteiger partial charge in [0.25, 0.3) is 0 Å². The molecule has 2 bridgehead atoms. The predicted octanol–water partition coefficient (Wildman–Crippen LogP) is 6.22. The van der Waals surface area contributed by atoms with Crippen molar-refractivity contribution in [3.63, 3.8) is 0 Å². The monoisotopic (exact) mass is 452 g/mol. The van der Waals surface area contributed by atoms with Crippen molar-refractivity contribution >= 4 is 17.5 Å². The van der Waals surface area contributed by atoms with Crippen LogP contribution in [0.1, 0.15) is 70.8 Å². The lowest BCUT2D eigenvalue weighted by Crippen LogP contribution is -2.60. The highest BCUT2D eigenvalue weighted by molar-refractivity contribution is 6.30. The molecule has 2 aliphatic rings. The predicted molar refractivity (Wildman–Crippen MR) is 120 cm³/mol. The summed E-state index contributed by atoms with van der Waals surface area (Å²) in [5, 5.41) is 39.8. The fourth-order valence-corrected chi connectivity index (χ4v) is 5.33. The molecular formula is C25H29ClN4O2. The van der Waals surface area contributed by atoms with Crippen LogP contribution in [0.4, 0.5) is 0 Å². The highest BCUT2D eigenvalue weighted by atomic mass is 35.5. The van der Waals surface area contributed by atoms with Crippen molar-refractivity contribution in [1.29, 1.82) is 21.2 Å². The molecule has 4 unspecified atom stereocenters. The summed E-state index contributed by atoms with van der Waals surface area (Å²) in [5.41, 5.74) is -2.93. The number of unbranched alkanes of at least 4 members (excludes halogenated alkanes) is 6. The molecule has 4 atom stereocenters. The summed E-state index contributed by atoms with van der Waals surface area (Å²) in [4.78, 5) is 0. The van der Waals surface area contributed by atoms with Gasteiger partial charge in [-0.05, 0) is 18.6 Å². The van der Waals surface area contributed by atoms with E-state index in [9.17, 15) is 15.8 Å². The van der Waals surface area contributed by atoms with Gasteiger partial charge in [-0.3, -0.25) is 5.41 Å². The van der Waals surface area contributed by atoms with Crippen molar-refractivity contribution in [2.24, 2.45) is 16.7 Å². The summed E-state index contributed by atoms with van der Waals surface area (Å²) >= 11 is 6.06. The van der Waals surface area contributed by atoms with Crippen molar-refractivity contribution < 1.29 is 9.47 Å². The summed E-state index contributed by atoms with van der Waals surface area (Å²) in [5.74, 6) is -2.54. The number of nitrogens with zero attached hydrogens (tertiary/aromatic N) is 3. The van der Waals surface area contributed by atoms with Crippen LogP contribution < -0.4 is 0 Å². The molecular weight excluding hydrogens is 424 g/mol. The second-order valence-electron chi connectivity index (χ2n) is 8.80. The van der Waals surface area contributed by atoms with Gasteiger partial charge in [-0.2, -0.15) is 15.8 Å². The summed E-state index contributed by atoms with van der Waals surface area (Å²) in [6.45, 7) is 3.90. The number of ether oxygens (including phenoxy) is 2. The molecule has 168 valence electrons. The van der Waals surface area contributed by atoms with E-state index in [4.69, 9.17) is 26.5 Å². The third-order valence-corrected chi connectivity index (χ3v) is 7.35. The minimum Gasteiger partial charge on any atom is -0.443 e. The minimum absolute atomic E-state index is 0.382. The fraction of sp³-hybridized carbons (Fsp3) is 0.600. The molecule has 1 aromatic carbocycles. The standard InChI is InChI=1S/C25H29ClN4O2/c1-3-4-5-6-7-8-9-10-21-23(15-27,16-28)24(17-29)18(2)25(31-21,32-22(24)30)19-11-13-20(26)14-12-19/h11-14,18,21,30H,3-10H2,1-2H3. The number of benzene rings is 1. The topological polar surface area (TPSA) is 114 Å². The molecule has 0 aliphatic carbocycles. The maximum absolute atomic E-state index is 10.3. The van der Waals surface area contributed by atoms with Gasteiger partial charge in [0.1, 0.15) is 0 Å². The van der Waals surface area contributed by atoms with Crippen molar-refractivity contribution in [3.05, 3.63) is 34.9 Å². The lowest BCUT2D eigenvalue weighted by molar-refractivity contribution is -0.286. The number of nitrogens with one attached hydrogen (secondary N) is 1. The molecule has 3 rings (SSSR count). The normalized spacial score (nSPS) is 30.1. The highest BCUT2D eigenvalue weighted by Gasteiger charge is 2.79. The quantitative estimate of drug-likeness (QED) is 0.446. The van der Waals surface area contributed by atoms with Gasteiger partial charge in [0.05, 0.1) is 30.2 Å². The van der Waals surface area contributed by atoms with E-state index in [1.54, 1.807) is 31.2 Å². The number of halogens is 1. The van der Waals surface area contributed by atoms with Crippen LogP contribution in [0, 0.1) is 56.2 Å². The third kappa shape index (κ3) is 3.45. The summed E-state index contributed by atoms with van der Waals surface area (Å²) < 4.78 is 12.4. The summed E-state index contributed by atoms with van der Waals surface area (Å²) in [6.07, 6.45) is 7.16. The minimum atomic E-state index is -1.83. The lowest BCUT2D eigenvalue weighted by atomic mass is 9.53. The second kappa shape index (κ2) is 9.50. The van der Waals surface area contributed by atoms with Gasteiger partial charge < -0.3 is 9.47 Å². The molecule has 1 N–H and O–H groups in total. The van der Waals surface area contributed by atoms with Gasteiger partial charge in [0.15, 0.2) is 10.8 Å². The first-order valence-corrected chi connectivity index (χ1v) is 11.7. The van der Waals surface area contributed by atoms with Crippen LogP contribution in [0.5, 0.6) is 0 Å². The first kappa shape index (κ1) is 24.1. The van der Waals surface area contributed by atoms with Crippen LogP contribution in [0.3, 0.4) is 0 Å². The Morgan fingerprint density at radius 1 is 0.969 bits per heavy atom. The van der Waals surface area contributed by atoms with Crippen LogP contribution in [0.15, 0.2) is 24.3 Å². The van der Waals surface area contributed by atoms with Crippen molar-refractivity contribution in [1.82, 2.24) is 0 Å². The Morgan fingerprint density at radius 3 is 2.12 bits per heavy atom. The molecule has 1 aromatic rings. The molecule has 32 heavy (non-hydrogen) atoms. The fourth-order valence-electron chi connectivity index (χ4n) is 5.21. The van der Waals surface area contributed by atoms with Crippen molar-refractivity contribution in [3.8, 4) is 18.2 Å². The Kier molecular flexibility index (Phi) is 7.14. The van der Waals surface area contributed by atoms with E-state index in [0.717, 1.165) is 25.7 Å². The average Bonchev–Trinajstić information content (AvgIpc) is 2.96. The Bertz CT molecular complexity index is 960. The number of hydrogen-bond donors (Lipinski definition) is 1. The highest BCUT2D eigenvalue weighted by Crippen LogP contribution is 2.66. The zero-order valence-electron chi connectivity index (χ0n) is 18.7. The molecule has 0 aromatic heterocycles. The van der Waals surface area contributed by atoms with Crippen LogP contribution in [0.25, 0.3) is 0 Å². The molecule has 2 aliphatic heterocycles. The van der Waals surface area contributed by atoms with E-state index < -0.39 is 28.6 Å². The molecule has 2 fully saturated rings. The first-order valence-electron chi connectivity index (χ1n) is 11.3. The molecule has 6 nitrogen and oxygen atoms in total. The first-order chi connectivity index (χ1) is 15.4. The van der Waals surface area contributed by atoms with E-state index in [2.05, 4.69) is 25.1 Å². The Labute approximate surface area is 195 Å². The van der Waals surface area contributed by atoms with E-state index >= 15 is 0 Å². The van der Waals surface area contributed by atoms with Crippen LogP contribution in [-0.2, 0) is 15.3 Å². The van der Waals surface area contributed by atoms with E-state index in [-0.39, 0.29) is 5.90 Å². The van der Waals surface area contributed by atoms with Crippen LogP contribution in [-0.4, -0.2) is 12.0 Å². The molecule has 0 amide bonds. The Morgan fingerprint density at radius 2 is 1.56 bits per heavy atom. The lowest BCUT2D eigenvalue weighted by Gasteiger charge is -2.48. The third-order valence-electron chi connectivity index (χ3n) is 7.10. The van der Waals surface area contributed by atoms with E-state index in [0.29, 0.717) is 17.0 Å². The average molecular weight is 453 g/mol. The van der Waals surface area contributed by atoms with Crippen molar-refractivity contribution in [2.75, 3.05) is 0 Å². The molecule has 0 saturated carbocycles. The molecule has 0 spiro atoms. The zero-order valence-corrected chi connectivity index (χ0v) is 19.4. The van der Waals surface area contributed by atoms with Gasteiger partial charge in [-0.1, -0.05) is 82.5 Å². The van der Waals surface area contributed by atoms with Gasteiger partial charge >= 0.3 is 0 Å². The molecule has 2 heterocycles. The number of rotatable bonds is 9. The largest absolute Gasteiger partial charge is 0.443 e. The van der Waals surface area contributed by atoms with Crippen molar-refractivity contribution in [2.45, 2.75) is 77.1 Å². The number of hydrogen-bond acceptors (Lipinski definition) is 6. The number of fused-ring (bicyclic) bond motifs is 2. The van der Waals surface area contributed by atoms with Gasteiger partial charge in [-0.15, -0.1) is 0 Å². The van der Waals surface area contributed by atoms with Crippen LogP contribution in [0.2, 0.25) is 5.02 Å². The molecule has 7 heteroatoms. The van der Waals surface area contributed by atoms with E-state index in [1.165, 1.54) is 19.3 Å². The molecule has 0 radical (unpaired) electrons. The Balaban J connectivity index is 1.95. The SMILES string of the molecule is CCCCCCCCCC1OC2(c3ccc(Cl)cc3)OC(=N)C(C#N)(C2C)C1(C#N)C#N. The van der Waals surface area contributed by atoms with Crippen LogP contribution >= 0.6 is 11.6 Å². The maximum atomic E-state index is 10.3.